The monoisotopic (exact) mass is 249 g/mol. The number of aromatic nitrogens is 2. The summed E-state index contributed by atoms with van der Waals surface area (Å²) in [7, 11) is 0. The molecule has 0 aliphatic heterocycles. The minimum atomic E-state index is 0.179. The van der Waals surface area contributed by atoms with Crippen molar-refractivity contribution in [1.29, 1.82) is 0 Å². The van der Waals surface area contributed by atoms with Gasteiger partial charge in [-0.15, -0.1) is 0 Å². The number of hydrogen-bond donors (Lipinski definition) is 1. The number of aryl methyl sites for hydroxylation is 2. The van der Waals surface area contributed by atoms with Crippen molar-refractivity contribution in [2.75, 3.05) is 18.1 Å². The fourth-order valence-electron chi connectivity index (χ4n) is 2.83. The number of anilines is 1. The van der Waals surface area contributed by atoms with Crippen molar-refractivity contribution in [3.8, 4) is 0 Å². The maximum Gasteiger partial charge on any atom is 0.132 e. The molecule has 1 N–H and O–H groups in total. The highest BCUT2D eigenvalue weighted by Gasteiger charge is 2.22. The van der Waals surface area contributed by atoms with Crippen molar-refractivity contribution in [3.05, 3.63) is 17.6 Å². The standard InChI is InChI=1S/C14H23N3O/c1-11-10-14(16-12(2)15-11)17(8-9-18)13-6-4-3-5-7-13/h10,13,18H,3-9H2,1-2H3. The molecular weight excluding hydrogens is 226 g/mol. The second kappa shape index (κ2) is 6.14. The summed E-state index contributed by atoms with van der Waals surface area (Å²) in [6.07, 6.45) is 6.33. The summed E-state index contributed by atoms with van der Waals surface area (Å²) < 4.78 is 0. The van der Waals surface area contributed by atoms with E-state index < -0.39 is 0 Å². The second-order valence-electron chi connectivity index (χ2n) is 5.12. The van der Waals surface area contributed by atoms with Gasteiger partial charge in [0.2, 0.25) is 0 Å². The van der Waals surface area contributed by atoms with Crippen LogP contribution in [0.5, 0.6) is 0 Å². The van der Waals surface area contributed by atoms with E-state index in [4.69, 9.17) is 0 Å². The Labute approximate surface area is 109 Å². The van der Waals surface area contributed by atoms with Gasteiger partial charge in [-0.05, 0) is 26.7 Å². The topological polar surface area (TPSA) is 49.2 Å². The Morgan fingerprint density at radius 1 is 1.22 bits per heavy atom. The molecule has 0 radical (unpaired) electrons. The zero-order valence-electron chi connectivity index (χ0n) is 11.4. The molecule has 1 aromatic heterocycles. The van der Waals surface area contributed by atoms with Crippen LogP contribution in [0.3, 0.4) is 0 Å². The molecule has 18 heavy (non-hydrogen) atoms. The molecule has 0 saturated heterocycles. The lowest BCUT2D eigenvalue weighted by Crippen LogP contribution is -2.39. The highest BCUT2D eigenvalue weighted by molar-refractivity contribution is 5.41. The zero-order chi connectivity index (χ0) is 13.0. The van der Waals surface area contributed by atoms with E-state index in [2.05, 4.69) is 14.9 Å². The van der Waals surface area contributed by atoms with Gasteiger partial charge in [0.25, 0.3) is 0 Å². The van der Waals surface area contributed by atoms with Gasteiger partial charge in [-0.1, -0.05) is 19.3 Å². The summed E-state index contributed by atoms with van der Waals surface area (Å²) >= 11 is 0. The van der Waals surface area contributed by atoms with Gasteiger partial charge < -0.3 is 10.0 Å². The maximum atomic E-state index is 9.28. The Morgan fingerprint density at radius 3 is 2.56 bits per heavy atom. The molecule has 1 saturated carbocycles. The van der Waals surface area contributed by atoms with E-state index in [-0.39, 0.29) is 6.61 Å². The van der Waals surface area contributed by atoms with Crippen molar-refractivity contribution < 1.29 is 5.11 Å². The van der Waals surface area contributed by atoms with E-state index in [0.717, 1.165) is 17.3 Å². The lowest BCUT2D eigenvalue weighted by molar-refractivity contribution is 0.289. The van der Waals surface area contributed by atoms with Gasteiger partial charge in [-0.25, -0.2) is 9.97 Å². The average molecular weight is 249 g/mol. The third kappa shape index (κ3) is 3.19. The van der Waals surface area contributed by atoms with Crippen LogP contribution in [0.1, 0.15) is 43.6 Å². The van der Waals surface area contributed by atoms with E-state index in [0.29, 0.717) is 12.6 Å². The van der Waals surface area contributed by atoms with Gasteiger partial charge in [-0.3, -0.25) is 0 Å². The van der Waals surface area contributed by atoms with Crippen molar-refractivity contribution in [2.24, 2.45) is 0 Å². The van der Waals surface area contributed by atoms with Crippen LogP contribution in [0.15, 0.2) is 6.07 Å². The Balaban J connectivity index is 2.22. The van der Waals surface area contributed by atoms with E-state index in [9.17, 15) is 5.11 Å². The number of aliphatic hydroxyl groups excluding tert-OH is 1. The quantitative estimate of drug-likeness (QED) is 0.889. The normalized spacial score (nSPS) is 16.8. The van der Waals surface area contributed by atoms with Crippen LogP contribution in [0, 0.1) is 13.8 Å². The maximum absolute atomic E-state index is 9.28. The predicted molar refractivity (Wildman–Crippen MR) is 72.8 cm³/mol. The molecule has 2 rings (SSSR count). The first-order valence-electron chi connectivity index (χ1n) is 6.90. The number of rotatable bonds is 4. The zero-order valence-corrected chi connectivity index (χ0v) is 11.4. The second-order valence-corrected chi connectivity index (χ2v) is 5.12. The minimum absolute atomic E-state index is 0.179. The smallest absolute Gasteiger partial charge is 0.132 e. The Morgan fingerprint density at radius 2 is 1.94 bits per heavy atom. The van der Waals surface area contributed by atoms with E-state index in [1.807, 2.05) is 19.9 Å². The molecule has 0 aromatic carbocycles. The molecule has 0 bridgehead atoms. The van der Waals surface area contributed by atoms with Gasteiger partial charge >= 0.3 is 0 Å². The van der Waals surface area contributed by atoms with E-state index >= 15 is 0 Å². The molecule has 1 aromatic rings. The lowest BCUT2D eigenvalue weighted by atomic mass is 9.94. The van der Waals surface area contributed by atoms with Crippen LogP contribution in [0.4, 0.5) is 5.82 Å². The Hall–Kier alpha value is -1.16. The SMILES string of the molecule is Cc1cc(N(CCO)C2CCCCC2)nc(C)n1. The van der Waals surface area contributed by atoms with Crippen LogP contribution in [0.25, 0.3) is 0 Å². The molecule has 4 nitrogen and oxygen atoms in total. The van der Waals surface area contributed by atoms with Gasteiger partial charge in [0, 0.05) is 24.3 Å². The highest BCUT2D eigenvalue weighted by atomic mass is 16.3. The van der Waals surface area contributed by atoms with Crippen LogP contribution in [0.2, 0.25) is 0 Å². The molecule has 0 unspecified atom stereocenters. The summed E-state index contributed by atoms with van der Waals surface area (Å²) in [4.78, 5) is 11.1. The molecule has 0 atom stereocenters. The lowest BCUT2D eigenvalue weighted by Gasteiger charge is -2.35. The molecule has 1 heterocycles. The number of nitrogens with zero attached hydrogens (tertiary/aromatic N) is 3. The molecule has 0 spiro atoms. The molecule has 100 valence electrons. The summed E-state index contributed by atoms with van der Waals surface area (Å²) in [6.45, 7) is 4.77. The fraction of sp³-hybridized carbons (Fsp3) is 0.714. The molecule has 1 fully saturated rings. The fourth-order valence-corrected chi connectivity index (χ4v) is 2.83. The van der Waals surface area contributed by atoms with Crippen LogP contribution in [-0.4, -0.2) is 34.3 Å². The number of aliphatic hydroxyl groups is 1. The third-order valence-corrected chi connectivity index (χ3v) is 3.60. The predicted octanol–water partition coefficient (Wildman–Crippen LogP) is 2.22. The Kier molecular flexibility index (Phi) is 4.53. The summed E-state index contributed by atoms with van der Waals surface area (Å²) in [6, 6.07) is 2.55. The summed E-state index contributed by atoms with van der Waals surface area (Å²) in [5, 5.41) is 9.28. The van der Waals surface area contributed by atoms with Gasteiger partial charge in [0.05, 0.1) is 6.61 Å². The first-order valence-corrected chi connectivity index (χ1v) is 6.90. The van der Waals surface area contributed by atoms with Crippen molar-refractivity contribution >= 4 is 5.82 Å². The third-order valence-electron chi connectivity index (χ3n) is 3.60. The van der Waals surface area contributed by atoms with E-state index in [1.165, 1.54) is 32.1 Å². The first kappa shape index (κ1) is 13.3. The molecule has 4 heteroatoms. The largest absolute Gasteiger partial charge is 0.395 e. The Bertz CT molecular complexity index is 368. The van der Waals surface area contributed by atoms with Gasteiger partial charge in [0.1, 0.15) is 11.6 Å². The van der Waals surface area contributed by atoms with Crippen LogP contribution >= 0.6 is 0 Å². The van der Waals surface area contributed by atoms with Crippen LogP contribution in [-0.2, 0) is 0 Å². The summed E-state index contributed by atoms with van der Waals surface area (Å²) in [5.74, 6) is 1.78. The highest BCUT2D eigenvalue weighted by Crippen LogP contribution is 2.26. The molecule has 1 aliphatic rings. The van der Waals surface area contributed by atoms with Gasteiger partial charge in [0.15, 0.2) is 0 Å². The first-order chi connectivity index (χ1) is 8.70. The van der Waals surface area contributed by atoms with Crippen molar-refractivity contribution in [2.45, 2.75) is 52.0 Å². The van der Waals surface area contributed by atoms with E-state index in [1.54, 1.807) is 0 Å². The van der Waals surface area contributed by atoms with Gasteiger partial charge in [-0.2, -0.15) is 0 Å². The van der Waals surface area contributed by atoms with Crippen molar-refractivity contribution in [1.82, 2.24) is 9.97 Å². The van der Waals surface area contributed by atoms with Crippen molar-refractivity contribution in [3.63, 3.8) is 0 Å². The average Bonchev–Trinajstić information content (AvgIpc) is 2.36. The van der Waals surface area contributed by atoms with Crippen LogP contribution < -0.4 is 4.90 Å². The minimum Gasteiger partial charge on any atom is -0.395 e. The molecule has 1 aliphatic carbocycles. The molecule has 0 amide bonds. The number of hydrogen-bond acceptors (Lipinski definition) is 4. The molecular formula is C14H23N3O. The summed E-state index contributed by atoms with van der Waals surface area (Å²) in [5.41, 5.74) is 0.997.